The first-order valence-electron chi connectivity index (χ1n) is 7.51. The van der Waals surface area contributed by atoms with Gasteiger partial charge >= 0.3 is 0 Å². The van der Waals surface area contributed by atoms with E-state index in [9.17, 15) is 9.90 Å². The second kappa shape index (κ2) is 6.22. The van der Waals surface area contributed by atoms with Gasteiger partial charge in [-0.3, -0.25) is 0 Å². The van der Waals surface area contributed by atoms with Gasteiger partial charge in [-0.2, -0.15) is 0 Å². The van der Waals surface area contributed by atoms with Crippen LogP contribution in [0.3, 0.4) is 0 Å². The summed E-state index contributed by atoms with van der Waals surface area (Å²) in [4.78, 5) is 15.7. The topological polar surface area (TPSA) is 66.6 Å². The highest BCUT2D eigenvalue weighted by Crippen LogP contribution is 2.26. The molecule has 3 rings (SSSR count). The number of hydrogen-bond acceptors (Lipinski definition) is 4. The molecule has 0 saturated carbocycles. The minimum atomic E-state index is -1.14. The van der Waals surface area contributed by atoms with Crippen molar-refractivity contribution < 1.29 is 9.90 Å². The average molecular weight is 309 g/mol. The number of imidazole rings is 1. The van der Waals surface area contributed by atoms with E-state index in [0.717, 1.165) is 28.3 Å². The largest absolute Gasteiger partial charge is 0.383 e. The third-order valence-electron chi connectivity index (χ3n) is 4.08. The molecule has 0 fully saturated rings. The lowest BCUT2D eigenvalue weighted by Gasteiger charge is -2.22. The Kier molecular flexibility index (Phi) is 4.12. The Bertz CT molecular complexity index is 827. The third-order valence-corrected chi connectivity index (χ3v) is 4.08. The maximum atomic E-state index is 11.1. The molecule has 2 heterocycles. The number of aliphatic hydroxyl groups excluding tert-OH is 1. The van der Waals surface area contributed by atoms with Crippen molar-refractivity contribution in [3.63, 3.8) is 0 Å². The van der Waals surface area contributed by atoms with Crippen molar-refractivity contribution in [2.45, 2.75) is 26.0 Å². The highest BCUT2D eigenvalue weighted by molar-refractivity contribution is 5.70. The summed E-state index contributed by atoms with van der Waals surface area (Å²) in [5.74, 6) is 0. The number of aldehydes is 1. The van der Waals surface area contributed by atoms with Crippen LogP contribution in [0.1, 0.15) is 23.0 Å². The predicted octanol–water partition coefficient (Wildman–Crippen LogP) is 2.66. The first-order chi connectivity index (χ1) is 11.1. The second-order valence-corrected chi connectivity index (χ2v) is 5.56. The molecule has 0 aliphatic rings. The van der Waals surface area contributed by atoms with Crippen LogP contribution < -0.4 is 5.32 Å². The van der Waals surface area contributed by atoms with E-state index >= 15 is 0 Å². The van der Waals surface area contributed by atoms with Gasteiger partial charge in [-0.25, -0.2) is 4.98 Å². The van der Waals surface area contributed by atoms with Crippen LogP contribution in [0, 0.1) is 13.8 Å². The van der Waals surface area contributed by atoms with Gasteiger partial charge in [0.2, 0.25) is 0 Å². The molecule has 0 bridgehead atoms. The molecule has 1 aromatic carbocycles. The Morgan fingerprint density at radius 3 is 2.61 bits per heavy atom. The molecule has 2 atom stereocenters. The zero-order valence-corrected chi connectivity index (χ0v) is 13.1. The number of hydrogen-bond donors (Lipinski definition) is 2. The van der Waals surface area contributed by atoms with Gasteiger partial charge in [0.25, 0.3) is 0 Å². The van der Waals surface area contributed by atoms with E-state index < -0.39 is 12.1 Å². The molecule has 0 aliphatic heterocycles. The lowest BCUT2D eigenvalue weighted by molar-refractivity contribution is -0.115. The van der Waals surface area contributed by atoms with Gasteiger partial charge < -0.3 is 19.6 Å². The summed E-state index contributed by atoms with van der Waals surface area (Å²) in [6, 6.07) is 12.7. The summed E-state index contributed by atoms with van der Waals surface area (Å²) in [6.45, 7) is 3.97. The number of carbonyl (C=O) groups is 1. The molecule has 1 unspecified atom stereocenters. The lowest BCUT2D eigenvalue weighted by atomic mass is 10.0. The molecule has 3 aromatic rings. The normalized spacial score (nSPS) is 13.7. The molecule has 2 aromatic heterocycles. The lowest BCUT2D eigenvalue weighted by Crippen LogP contribution is -2.27. The van der Waals surface area contributed by atoms with E-state index in [4.69, 9.17) is 0 Å². The van der Waals surface area contributed by atoms with Gasteiger partial charge in [0.05, 0.1) is 17.4 Å². The summed E-state index contributed by atoms with van der Waals surface area (Å²) in [6.07, 6.45) is 1.35. The average Bonchev–Trinajstić information content (AvgIpc) is 2.88. The number of benzene rings is 1. The van der Waals surface area contributed by atoms with Crippen molar-refractivity contribution in [1.29, 1.82) is 0 Å². The Morgan fingerprint density at radius 2 is 1.91 bits per heavy atom. The monoisotopic (exact) mass is 309 g/mol. The number of aryl methyl sites for hydroxylation is 2. The Hall–Kier alpha value is -2.66. The summed E-state index contributed by atoms with van der Waals surface area (Å²) >= 11 is 0. The summed E-state index contributed by atoms with van der Waals surface area (Å²) in [5.41, 5.74) is 4.41. The number of pyridine rings is 1. The number of rotatable bonds is 5. The molecule has 23 heavy (non-hydrogen) atoms. The van der Waals surface area contributed by atoms with Crippen molar-refractivity contribution >= 4 is 17.6 Å². The number of fused-ring (bicyclic) bond motifs is 1. The zero-order valence-electron chi connectivity index (χ0n) is 13.1. The van der Waals surface area contributed by atoms with Crippen LogP contribution in [0.5, 0.6) is 0 Å². The number of aliphatic hydroxyl groups is 1. The highest BCUT2D eigenvalue weighted by Gasteiger charge is 2.22. The molecular formula is C18H19N3O2. The molecule has 0 amide bonds. The molecule has 5 nitrogen and oxygen atoms in total. The Balaban J connectivity index is 2.04. The Morgan fingerprint density at radius 1 is 1.17 bits per heavy atom. The Labute approximate surface area is 134 Å². The van der Waals surface area contributed by atoms with Gasteiger partial charge in [0.1, 0.15) is 6.10 Å². The van der Waals surface area contributed by atoms with Crippen molar-refractivity contribution in [3.8, 4) is 0 Å². The van der Waals surface area contributed by atoms with Crippen LogP contribution in [-0.4, -0.2) is 26.9 Å². The van der Waals surface area contributed by atoms with Crippen LogP contribution in [0.4, 0.5) is 5.69 Å². The maximum Gasteiger partial charge on any atom is 0.160 e. The van der Waals surface area contributed by atoms with E-state index in [0.29, 0.717) is 6.29 Å². The van der Waals surface area contributed by atoms with Crippen molar-refractivity contribution in [2.75, 3.05) is 5.32 Å². The number of nitrogens with zero attached hydrogens (tertiary/aromatic N) is 2. The van der Waals surface area contributed by atoms with Crippen molar-refractivity contribution in [2.24, 2.45) is 0 Å². The third kappa shape index (κ3) is 2.83. The van der Waals surface area contributed by atoms with Crippen LogP contribution >= 0.6 is 0 Å². The number of nitrogens with one attached hydrogen (secondary N) is 1. The molecule has 118 valence electrons. The minimum Gasteiger partial charge on any atom is -0.383 e. The van der Waals surface area contributed by atoms with Crippen LogP contribution in [0.2, 0.25) is 0 Å². The summed E-state index contributed by atoms with van der Waals surface area (Å²) < 4.78 is 1.99. The second-order valence-electron chi connectivity index (χ2n) is 5.56. The van der Waals surface area contributed by atoms with Crippen LogP contribution in [0.25, 0.3) is 5.65 Å². The molecule has 0 radical (unpaired) electrons. The molecule has 2 N–H and O–H groups in total. The van der Waals surface area contributed by atoms with Crippen LogP contribution in [-0.2, 0) is 4.79 Å². The predicted molar refractivity (Wildman–Crippen MR) is 89.5 cm³/mol. The first kappa shape index (κ1) is 15.2. The van der Waals surface area contributed by atoms with E-state index in [1.54, 1.807) is 0 Å². The van der Waals surface area contributed by atoms with Gasteiger partial charge in [-0.1, -0.05) is 30.3 Å². The van der Waals surface area contributed by atoms with E-state index in [1.165, 1.54) is 0 Å². The highest BCUT2D eigenvalue weighted by atomic mass is 16.3. The fourth-order valence-electron chi connectivity index (χ4n) is 2.68. The van der Waals surface area contributed by atoms with Gasteiger partial charge in [-0.05, 0) is 31.5 Å². The van der Waals surface area contributed by atoms with Crippen molar-refractivity contribution in [1.82, 2.24) is 9.38 Å². The molecule has 0 aliphatic carbocycles. The van der Waals surface area contributed by atoms with E-state index in [1.807, 2.05) is 66.9 Å². The molecule has 0 spiro atoms. The molecular weight excluding hydrogens is 290 g/mol. The minimum absolute atomic E-state index is 0.530. The fourth-order valence-corrected chi connectivity index (χ4v) is 2.68. The molecule has 5 heteroatoms. The summed E-state index contributed by atoms with van der Waals surface area (Å²) in [5, 5.41) is 13.4. The molecule has 0 saturated heterocycles. The van der Waals surface area contributed by atoms with Crippen LogP contribution in [0.15, 0.2) is 48.7 Å². The van der Waals surface area contributed by atoms with E-state index in [2.05, 4.69) is 10.3 Å². The maximum absolute atomic E-state index is 11.1. The van der Waals surface area contributed by atoms with E-state index in [-0.39, 0.29) is 0 Å². The van der Waals surface area contributed by atoms with Crippen molar-refractivity contribution in [3.05, 3.63) is 65.6 Å². The number of carbonyl (C=O) groups excluding carboxylic acids is 1. The number of aromatic nitrogens is 2. The summed E-state index contributed by atoms with van der Waals surface area (Å²) in [7, 11) is 0. The standard InChI is InChI=1S/C18H19N3O2/c1-12-13(2)21-10-6-9-15(18(21)19-12)20-17(16(23)11-22)14-7-4-3-5-8-14/h3-11,16-17,20,23H,1-2H3/t16?,17-/m1/s1. The first-order valence-corrected chi connectivity index (χ1v) is 7.51. The van der Waals surface area contributed by atoms with Gasteiger partial charge in [0.15, 0.2) is 11.9 Å². The van der Waals surface area contributed by atoms with Gasteiger partial charge in [-0.15, -0.1) is 0 Å². The van der Waals surface area contributed by atoms with Gasteiger partial charge in [0, 0.05) is 11.9 Å². The quantitative estimate of drug-likeness (QED) is 0.711. The SMILES string of the molecule is Cc1nc2c(N[C@H](c3ccccc3)C(O)C=O)cccn2c1C. The smallest absolute Gasteiger partial charge is 0.160 e. The zero-order chi connectivity index (χ0) is 16.4. The number of anilines is 1. The fraction of sp³-hybridized carbons (Fsp3) is 0.222.